The van der Waals surface area contributed by atoms with Gasteiger partial charge in [0.2, 0.25) is 0 Å². The third kappa shape index (κ3) is 3.12. The van der Waals surface area contributed by atoms with Crippen molar-refractivity contribution in [1.29, 1.82) is 0 Å². The van der Waals surface area contributed by atoms with E-state index in [1.54, 1.807) is 17.5 Å². The van der Waals surface area contributed by atoms with Crippen molar-refractivity contribution in [3.05, 3.63) is 44.6 Å². The Labute approximate surface area is 113 Å². The molecule has 0 aromatic carbocycles. The van der Waals surface area contributed by atoms with E-state index >= 15 is 0 Å². The van der Waals surface area contributed by atoms with Gasteiger partial charge in [-0.3, -0.25) is 4.98 Å². The molecular weight excluding hydrogens is 298 g/mol. The molecule has 0 spiro atoms. The zero-order valence-corrected chi connectivity index (χ0v) is 12.2. The molecule has 0 fully saturated rings. The molecule has 5 heteroatoms. The minimum atomic E-state index is 0.128. The highest BCUT2D eigenvalue weighted by molar-refractivity contribution is 9.10. The second-order valence-electron chi connectivity index (χ2n) is 3.75. The van der Waals surface area contributed by atoms with Crippen LogP contribution < -0.4 is 5.32 Å². The molecule has 0 radical (unpaired) electrons. The van der Waals surface area contributed by atoms with E-state index in [1.165, 1.54) is 0 Å². The van der Waals surface area contributed by atoms with E-state index in [0.29, 0.717) is 0 Å². The molecule has 2 rings (SSSR count). The summed E-state index contributed by atoms with van der Waals surface area (Å²) in [5.41, 5.74) is 2.20. The number of aryl methyl sites for hydroxylation is 1. The summed E-state index contributed by atoms with van der Waals surface area (Å²) in [6.45, 7) is 5.01. The van der Waals surface area contributed by atoms with Gasteiger partial charge in [-0.15, -0.1) is 11.3 Å². The molecule has 0 aliphatic rings. The third-order valence-corrected chi connectivity index (χ3v) is 3.81. The summed E-state index contributed by atoms with van der Waals surface area (Å²) in [4.78, 5) is 8.76. The van der Waals surface area contributed by atoms with Crippen LogP contribution in [0.25, 0.3) is 0 Å². The van der Waals surface area contributed by atoms with Crippen molar-refractivity contribution >= 4 is 27.3 Å². The summed E-state index contributed by atoms with van der Waals surface area (Å²) in [6.07, 6.45) is 3.68. The Morgan fingerprint density at radius 3 is 2.88 bits per heavy atom. The Morgan fingerprint density at radius 2 is 2.29 bits per heavy atom. The molecule has 0 saturated carbocycles. The van der Waals surface area contributed by atoms with E-state index in [4.69, 9.17) is 0 Å². The molecule has 1 atom stereocenters. The highest BCUT2D eigenvalue weighted by Gasteiger charge is 2.16. The first-order valence-corrected chi connectivity index (χ1v) is 7.14. The first kappa shape index (κ1) is 12.7. The lowest BCUT2D eigenvalue weighted by Gasteiger charge is -2.15. The lowest BCUT2D eigenvalue weighted by molar-refractivity contribution is 0.624. The number of aromatic nitrogens is 2. The van der Waals surface area contributed by atoms with Crippen molar-refractivity contribution < 1.29 is 0 Å². The second-order valence-corrected chi connectivity index (χ2v) is 5.56. The summed E-state index contributed by atoms with van der Waals surface area (Å²) in [5.74, 6) is 0. The van der Waals surface area contributed by atoms with Gasteiger partial charge in [-0.05, 0) is 41.0 Å². The van der Waals surface area contributed by atoms with Crippen molar-refractivity contribution in [3.63, 3.8) is 0 Å². The van der Waals surface area contributed by atoms with Gasteiger partial charge in [0, 0.05) is 27.9 Å². The van der Waals surface area contributed by atoms with Crippen LogP contribution in [0.3, 0.4) is 0 Å². The molecule has 2 aromatic heterocycles. The molecule has 0 saturated heterocycles. The van der Waals surface area contributed by atoms with E-state index in [0.717, 1.165) is 27.3 Å². The molecular formula is C12H14BrN3S. The van der Waals surface area contributed by atoms with Gasteiger partial charge in [0.25, 0.3) is 0 Å². The van der Waals surface area contributed by atoms with Crippen molar-refractivity contribution in [1.82, 2.24) is 15.3 Å². The van der Waals surface area contributed by atoms with Crippen LogP contribution in [-0.2, 0) is 0 Å². The van der Waals surface area contributed by atoms with Crippen LogP contribution >= 0.6 is 27.3 Å². The van der Waals surface area contributed by atoms with Gasteiger partial charge in [-0.2, -0.15) is 0 Å². The fourth-order valence-corrected chi connectivity index (χ4v) is 2.92. The molecule has 2 aromatic rings. The second kappa shape index (κ2) is 5.71. The molecule has 17 heavy (non-hydrogen) atoms. The van der Waals surface area contributed by atoms with Crippen molar-refractivity contribution in [3.8, 4) is 0 Å². The van der Waals surface area contributed by atoms with Crippen LogP contribution in [0.5, 0.6) is 0 Å². The van der Waals surface area contributed by atoms with Gasteiger partial charge in [0.1, 0.15) is 5.01 Å². The quantitative estimate of drug-likeness (QED) is 0.941. The van der Waals surface area contributed by atoms with E-state index < -0.39 is 0 Å². The average molecular weight is 312 g/mol. The summed E-state index contributed by atoms with van der Waals surface area (Å²) >= 11 is 5.13. The maximum atomic E-state index is 4.55. The minimum Gasteiger partial charge on any atom is -0.304 e. The van der Waals surface area contributed by atoms with Crippen LogP contribution in [0.2, 0.25) is 0 Å². The summed E-state index contributed by atoms with van der Waals surface area (Å²) < 4.78 is 0.992. The number of nitrogens with one attached hydrogen (secondary N) is 1. The van der Waals surface area contributed by atoms with E-state index in [2.05, 4.69) is 49.6 Å². The lowest BCUT2D eigenvalue weighted by atomic mass is 10.1. The van der Waals surface area contributed by atoms with Gasteiger partial charge in [0.05, 0.1) is 6.04 Å². The molecule has 1 unspecified atom stereocenters. The van der Waals surface area contributed by atoms with Crippen molar-refractivity contribution in [2.75, 3.05) is 6.54 Å². The van der Waals surface area contributed by atoms with Crippen LogP contribution in [0.4, 0.5) is 0 Å². The number of hydrogen-bond donors (Lipinski definition) is 1. The van der Waals surface area contributed by atoms with Crippen LogP contribution in [-0.4, -0.2) is 16.5 Å². The molecule has 0 aliphatic carbocycles. The minimum absolute atomic E-state index is 0.128. The van der Waals surface area contributed by atoms with Crippen molar-refractivity contribution in [2.45, 2.75) is 19.9 Å². The molecule has 2 heterocycles. The topological polar surface area (TPSA) is 37.8 Å². The van der Waals surface area contributed by atoms with E-state index in [1.807, 2.05) is 13.1 Å². The van der Waals surface area contributed by atoms with Gasteiger partial charge in [0.15, 0.2) is 0 Å². The maximum Gasteiger partial charge on any atom is 0.114 e. The van der Waals surface area contributed by atoms with Crippen molar-refractivity contribution in [2.24, 2.45) is 0 Å². The fraction of sp³-hybridized carbons (Fsp3) is 0.333. The molecule has 0 bridgehead atoms. The molecule has 3 nitrogen and oxygen atoms in total. The number of thiazole rings is 1. The number of rotatable bonds is 4. The molecule has 1 N–H and O–H groups in total. The summed E-state index contributed by atoms with van der Waals surface area (Å²) in [5, 5.41) is 6.60. The average Bonchev–Trinajstić information content (AvgIpc) is 2.72. The number of halogens is 1. The summed E-state index contributed by atoms with van der Waals surface area (Å²) in [7, 11) is 0. The Hall–Kier alpha value is -0.780. The number of pyridine rings is 1. The Kier molecular flexibility index (Phi) is 4.25. The fourth-order valence-electron chi connectivity index (χ4n) is 1.64. The largest absolute Gasteiger partial charge is 0.304 e. The Bertz CT molecular complexity index is 498. The Morgan fingerprint density at radius 1 is 1.47 bits per heavy atom. The zero-order valence-electron chi connectivity index (χ0n) is 9.77. The monoisotopic (exact) mass is 311 g/mol. The van der Waals surface area contributed by atoms with Gasteiger partial charge >= 0.3 is 0 Å². The van der Waals surface area contributed by atoms with Gasteiger partial charge in [-0.25, -0.2) is 4.98 Å². The first-order valence-electron chi connectivity index (χ1n) is 5.46. The lowest BCUT2D eigenvalue weighted by Crippen LogP contribution is -2.22. The predicted molar refractivity (Wildman–Crippen MR) is 74.3 cm³/mol. The maximum absolute atomic E-state index is 4.55. The first-order chi connectivity index (χ1) is 8.20. The number of nitrogens with zero attached hydrogens (tertiary/aromatic N) is 2. The zero-order chi connectivity index (χ0) is 12.3. The van der Waals surface area contributed by atoms with Crippen LogP contribution in [0.15, 0.2) is 28.3 Å². The highest BCUT2D eigenvalue weighted by atomic mass is 79.9. The number of hydrogen-bond acceptors (Lipinski definition) is 4. The highest BCUT2D eigenvalue weighted by Crippen LogP contribution is 2.26. The molecule has 0 amide bonds. The standard InChI is InChI=1S/C12H14BrN3S/c1-3-15-11(12-16-8(2)7-17-12)9-4-10(13)6-14-5-9/h4-7,11,15H,3H2,1-2H3. The van der Waals surface area contributed by atoms with Crippen LogP contribution in [0, 0.1) is 6.92 Å². The molecule has 0 aliphatic heterocycles. The normalized spacial score (nSPS) is 12.6. The SMILES string of the molecule is CCNC(c1cncc(Br)c1)c1nc(C)cs1. The smallest absolute Gasteiger partial charge is 0.114 e. The van der Waals surface area contributed by atoms with Gasteiger partial charge in [-0.1, -0.05) is 6.92 Å². The third-order valence-electron chi connectivity index (χ3n) is 2.35. The Balaban J connectivity index is 2.35. The molecule has 90 valence electrons. The van der Waals surface area contributed by atoms with Crippen LogP contribution in [0.1, 0.15) is 29.2 Å². The van der Waals surface area contributed by atoms with E-state index in [9.17, 15) is 0 Å². The van der Waals surface area contributed by atoms with Gasteiger partial charge < -0.3 is 5.32 Å². The van der Waals surface area contributed by atoms with E-state index in [-0.39, 0.29) is 6.04 Å². The predicted octanol–water partition coefficient (Wildman–Crippen LogP) is 3.31. The summed E-state index contributed by atoms with van der Waals surface area (Å²) in [6, 6.07) is 2.21.